The molecular weight excluding hydrogens is 214 g/mol. The van der Waals surface area contributed by atoms with E-state index in [-0.39, 0.29) is 18.3 Å². The van der Waals surface area contributed by atoms with Gasteiger partial charge < -0.3 is 5.73 Å². The summed E-state index contributed by atoms with van der Waals surface area (Å²) in [5.41, 5.74) is 5.32. The third-order valence-electron chi connectivity index (χ3n) is 2.32. The van der Waals surface area contributed by atoms with Gasteiger partial charge in [0.1, 0.15) is 0 Å². The van der Waals surface area contributed by atoms with Crippen LogP contribution in [0, 0.1) is 11.3 Å². The highest BCUT2D eigenvalue weighted by atomic mass is 32.2. The molecule has 90 valence electrons. The minimum atomic E-state index is -3.24. The van der Waals surface area contributed by atoms with Crippen LogP contribution in [-0.4, -0.2) is 36.9 Å². The highest BCUT2D eigenvalue weighted by Crippen LogP contribution is 2.11. The minimum absolute atomic E-state index is 0.0207. The predicted octanol–water partition coefficient (Wildman–Crippen LogP) is 0.619. The van der Waals surface area contributed by atoms with Gasteiger partial charge in [0.2, 0.25) is 10.0 Å². The third kappa shape index (κ3) is 3.79. The van der Waals surface area contributed by atoms with Crippen molar-refractivity contribution < 1.29 is 8.42 Å². The lowest BCUT2D eigenvalue weighted by Crippen LogP contribution is -2.41. The van der Waals surface area contributed by atoms with Gasteiger partial charge in [-0.1, -0.05) is 13.8 Å². The Hall–Kier alpha value is -0.620. The molecule has 3 N–H and O–H groups in total. The van der Waals surface area contributed by atoms with Crippen LogP contribution in [-0.2, 0) is 10.0 Å². The first kappa shape index (κ1) is 14.4. The highest BCUT2D eigenvalue weighted by molar-refractivity contribution is 7.89. The molecule has 0 amide bonds. The van der Waals surface area contributed by atoms with Gasteiger partial charge in [-0.2, -0.15) is 0 Å². The average Bonchev–Trinajstić information content (AvgIpc) is 2.12. The van der Waals surface area contributed by atoms with E-state index >= 15 is 0 Å². The molecular formula is C9H21N3O2S. The standard InChI is InChI=1S/C9H21N3O2S/c1-5-12(6-8(4)9(10)11)15(13,14)7(2)3/h7-8H,5-6H2,1-4H3,(H3,10,11). The molecule has 0 aromatic carbocycles. The fraction of sp³-hybridized carbons (Fsp3) is 0.889. The molecule has 5 nitrogen and oxygen atoms in total. The summed E-state index contributed by atoms with van der Waals surface area (Å²) in [6.45, 7) is 7.53. The topological polar surface area (TPSA) is 87.2 Å². The number of nitrogens with two attached hydrogens (primary N) is 1. The predicted molar refractivity (Wildman–Crippen MR) is 62.4 cm³/mol. The fourth-order valence-electron chi connectivity index (χ4n) is 1.11. The van der Waals surface area contributed by atoms with Crippen molar-refractivity contribution in [1.29, 1.82) is 5.41 Å². The molecule has 0 aliphatic heterocycles. The lowest BCUT2D eigenvalue weighted by molar-refractivity contribution is 0.399. The Kier molecular flexibility index (Phi) is 5.23. The molecule has 0 bridgehead atoms. The van der Waals surface area contributed by atoms with Gasteiger partial charge in [-0.3, -0.25) is 5.41 Å². The van der Waals surface area contributed by atoms with Gasteiger partial charge in [-0.05, 0) is 13.8 Å². The van der Waals surface area contributed by atoms with E-state index in [1.165, 1.54) is 4.31 Å². The van der Waals surface area contributed by atoms with Crippen molar-refractivity contribution in [2.45, 2.75) is 32.9 Å². The maximum absolute atomic E-state index is 11.8. The summed E-state index contributed by atoms with van der Waals surface area (Å²) >= 11 is 0. The van der Waals surface area contributed by atoms with Gasteiger partial charge in [0.25, 0.3) is 0 Å². The Morgan fingerprint density at radius 3 is 2.13 bits per heavy atom. The van der Waals surface area contributed by atoms with Gasteiger partial charge in [0, 0.05) is 19.0 Å². The van der Waals surface area contributed by atoms with E-state index in [9.17, 15) is 8.42 Å². The molecule has 0 fully saturated rings. The van der Waals surface area contributed by atoms with E-state index in [1.807, 2.05) is 0 Å². The highest BCUT2D eigenvalue weighted by Gasteiger charge is 2.26. The zero-order chi connectivity index (χ0) is 12.2. The summed E-state index contributed by atoms with van der Waals surface area (Å²) < 4.78 is 25.0. The first-order valence-electron chi connectivity index (χ1n) is 5.06. The summed E-state index contributed by atoms with van der Waals surface area (Å²) in [6.07, 6.45) is 0. The summed E-state index contributed by atoms with van der Waals surface area (Å²) in [7, 11) is -3.24. The molecule has 0 radical (unpaired) electrons. The van der Waals surface area contributed by atoms with E-state index < -0.39 is 15.3 Å². The van der Waals surface area contributed by atoms with Crippen LogP contribution in [0.15, 0.2) is 0 Å². The van der Waals surface area contributed by atoms with Crippen molar-refractivity contribution >= 4 is 15.9 Å². The van der Waals surface area contributed by atoms with E-state index in [4.69, 9.17) is 11.1 Å². The number of rotatable bonds is 6. The second kappa shape index (κ2) is 5.46. The Labute approximate surface area is 92.2 Å². The largest absolute Gasteiger partial charge is 0.387 e. The van der Waals surface area contributed by atoms with Crippen LogP contribution in [0.5, 0.6) is 0 Å². The smallest absolute Gasteiger partial charge is 0.216 e. The van der Waals surface area contributed by atoms with Crippen molar-refractivity contribution in [1.82, 2.24) is 4.31 Å². The summed E-state index contributed by atoms with van der Waals surface area (Å²) in [6, 6.07) is 0. The van der Waals surface area contributed by atoms with E-state index in [0.717, 1.165) is 0 Å². The molecule has 6 heteroatoms. The van der Waals surface area contributed by atoms with Crippen LogP contribution in [0.1, 0.15) is 27.7 Å². The van der Waals surface area contributed by atoms with Crippen molar-refractivity contribution in [2.24, 2.45) is 11.7 Å². The maximum atomic E-state index is 11.8. The Bertz CT molecular complexity index is 311. The van der Waals surface area contributed by atoms with Gasteiger partial charge in [-0.15, -0.1) is 0 Å². The molecule has 1 atom stereocenters. The second-order valence-electron chi connectivity index (χ2n) is 3.90. The molecule has 0 spiro atoms. The average molecular weight is 235 g/mol. The number of nitrogens with one attached hydrogen (secondary N) is 1. The van der Waals surface area contributed by atoms with Crippen molar-refractivity contribution in [2.75, 3.05) is 13.1 Å². The molecule has 0 saturated carbocycles. The Morgan fingerprint density at radius 2 is 1.87 bits per heavy atom. The Morgan fingerprint density at radius 1 is 1.40 bits per heavy atom. The first-order valence-corrected chi connectivity index (χ1v) is 6.56. The number of amidine groups is 1. The molecule has 0 aromatic heterocycles. The Balaban J connectivity index is 4.72. The molecule has 0 aromatic rings. The normalized spacial score (nSPS) is 14.5. The van der Waals surface area contributed by atoms with Gasteiger partial charge in [-0.25, -0.2) is 12.7 Å². The molecule has 0 saturated heterocycles. The molecule has 1 unspecified atom stereocenters. The maximum Gasteiger partial charge on any atom is 0.216 e. The zero-order valence-electron chi connectivity index (χ0n) is 9.82. The van der Waals surface area contributed by atoms with Crippen LogP contribution in [0.4, 0.5) is 0 Å². The van der Waals surface area contributed by atoms with Crippen molar-refractivity contribution in [3.8, 4) is 0 Å². The number of hydrogen-bond acceptors (Lipinski definition) is 3. The molecule has 0 aliphatic rings. The first-order chi connectivity index (χ1) is 6.73. The quantitative estimate of drug-likeness (QED) is 0.522. The zero-order valence-corrected chi connectivity index (χ0v) is 10.6. The molecule has 0 heterocycles. The third-order valence-corrected chi connectivity index (χ3v) is 4.64. The molecule has 15 heavy (non-hydrogen) atoms. The van der Waals surface area contributed by atoms with E-state index in [2.05, 4.69) is 0 Å². The lowest BCUT2D eigenvalue weighted by atomic mass is 10.1. The van der Waals surface area contributed by atoms with Crippen LogP contribution in [0.25, 0.3) is 0 Å². The number of sulfonamides is 1. The second-order valence-corrected chi connectivity index (χ2v) is 6.39. The summed E-state index contributed by atoms with van der Waals surface area (Å²) in [5.74, 6) is -0.217. The minimum Gasteiger partial charge on any atom is -0.387 e. The van der Waals surface area contributed by atoms with Crippen molar-refractivity contribution in [3.05, 3.63) is 0 Å². The SMILES string of the molecule is CCN(CC(C)C(=N)N)S(=O)(=O)C(C)C. The monoisotopic (exact) mass is 235 g/mol. The fourth-order valence-corrected chi connectivity index (χ4v) is 2.50. The molecule has 0 aliphatic carbocycles. The van der Waals surface area contributed by atoms with Crippen molar-refractivity contribution in [3.63, 3.8) is 0 Å². The lowest BCUT2D eigenvalue weighted by Gasteiger charge is -2.25. The molecule has 0 rings (SSSR count). The van der Waals surface area contributed by atoms with E-state index in [1.54, 1.807) is 27.7 Å². The van der Waals surface area contributed by atoms with Gasteiger partial charge in [0.15, 0.2) is 0 Å². The number of nitrogens with zero attached hydrogens (tertiary/aromatic N) is 1. The van der Waals surface area contributed by atoms with E-state index in [0.29, 0.717) is 6.54 Å². The van der Waals surface area contributed by atoms with Crippen LogP contribution in [0.3, 0.4) is 0 Å². The van der Waals surface area contributed by atoms with Gasteiger partial charge in [0.05, 0.1) is 11.1 Å². The van der Waals surface area contributed by atoms with Crippen LogP contribution >= 0.6 is 0 Å². The van der Waals surface area contributed by atoms with Crippen LogP contribution < -0.4 is 5.73 Å². The summed E-state index contributed by atoms with van der Waals surface area (Å²) in [4.78, 5) is 0. The summed E-state index contributed by atoms with van der Waals surface area (Å²) in [5, 5.41) is 6.80. The van der Waals surface area contributed by atoms with Crippen LogP contribution in [0.2, 0.25) is 0 Å². The number of hydrogen-bond donors (Lipinski definition) is 2. The van der Waals surface area contributed by atoms with Gasteiger partial charge >= 0.3 is 0 Å².